The van der Waals surface area contributed by atoms with Gasteiger partial charge in [0.15, 0.2) is 5.13 Å². The molecule has 112 valence electrons. The predicted octanol–water partition coefficient (Wildman–Crippen LogP) is 0.801. The van der Waals surface area contributed by atoms with Crippen molar-refractivity contribution in [3.63, 3.8) is 0 Å². The van der Waals surface area contributed by atoms with Gasteiger partial charge in [-0.2, -0.15) is 0 Å². The van der Waals surface area contributed by atoms with Gasteiger partial charge in [0.1, 0.15) is 0 Å². The first-order valence-corrected chi connectivity index (χ1v) is 7.65. The summed E-state index contributed by atoms with van der Waals surface area (Å²) in [6.07, 6.45) is 1.14. The molecule has 7 heteroatoms. The summed E-state index contributed by atoms with van der Waals surface area (Å²) in [5.41, 5.74) is 6.76. The van der Waals surface area contributed by atoms with E-state index in [-0.39, 0.29) is 24.5 Å². The SMILES string of the molecule is CCOC(=O)Cc1csc(N2CC[C@H](N)[C@H](OC)C2)n1. The largest absolute Gasteiger partial charge is 0.466 e. The van der Waals surface area contributed by atoms with Crippen LogP contribution in [0.5, 0.6) is 0 Å². The number of hydrogen-bond acceptors (Lipinski definition) is 7. The first-order chi connectivity index (χ1) is 9.63. The number of methoxy groups -OCH3 is 1. The van der Waals surface area contributed by atoms with Crippen LogP contribution in [0.2, 0.25) is 0 Å². The van der Waals surface area contributed by atoms with Gasteiger partial charge in [-0.05, 0) is 13.3 Å². The molecule has 0 amide bonds. The molecular formula is C13H21N3O3S. The van der Waals surface area contributed by atoms with Crippen LogP contribution in [0.4, 0.5) is 5.13 Å². The highest BCUT2D eigenvalue weighted by Gasteiger charge is 2.28. The molecule has 0 bridgehead atoms. The Labute approximate surface area is 122 Å². The molecule has 0 aliphatic carbocycles. The molecule has 1 aromatic heterocycles. The molecule has 0 aromatic carbocycles. The van der Waals surface area contributed by atoms with Crippen LogP contribution in [0.1, 0.15) is 19.0 Å². The van der Waals surface area contributed by atoms with Gasteiger partial charge in [-0.25, -0.2) is 4.98 Å². The van der Waals surface area contributed by atoms with Crippen LogP contribution >= 0.6 is 11.3 Å². The fourth-order valence-electron chi connectivity index (χ4n) is 2.24. The maximum Gasteiger partial charge on any atom is 0.311 e. The Bertz CT molecular complexity index is 452. The average molecular weight is 299 g/mol. The summed E-state index contributed by atoms with van der Waals surface area (Å²) in [5.74, 6) is -0.236. The van der Waals surface area contributed by atoms with E-state index >= 15 is 0 Å². The zero-order chi connectivity index (χ0) is 14.5. The minimum Gasteiger partial charge on any atom is -0.466 e. The summed E-state index contributed by atoms with van der Waals surface area (Å²) < 4.78 is 10.3. The second-order valence-electron chi connectivity index (χ2n) is 4.78. The van der Waals surface area contributed by atoms with E-state index in [0.29, 0.717) is 6.61 Å². The van der Waals surface area contributed by atoms with Crippen molar-refractivity contribution in [2.75, 3.05) is 31.7 Å². The maximum absolute atomic E-state index is 11.4. The highest BCUT2D eigenvalue weighted by Crippen LogP contribution is 2.25. The molecule has 1 aliphatic heterocycles. The third-order valence-corrected chi connectivity index (χ3v) is 4.30. The van der Waals surface area contributed by atoms with Crippen molar-refractivity contribution < 1.29 is 14.3 Å². The summed E-state index contributed by atoms with van der Waals surface area (Å²) in [7, 11) is 1.68. The number of aromatic nitrogens is 1. The first kappa shape index (κ1) is 15.2. The van der Waals surface area contributed by atoms with Crippen molar-refractivity contribution >= 4 is 22.4 Å². The van der Waals surface area contributed by atoms with E-state index in [0.717, 1.165) is 30.3 Å². The predicted molar refractivity (Wildman–Crippen MR) is 78.1 cm³/mol. The van der Waals surface area contributed by atoms with Gasteiger partial charge >= 0.3 is 5.97 Å². The van der Waals surface area contributed by atoms with Crippen LogP contribution in [-0.4, -0.2) is 49.9 Å². The van der Waals surface area contributed by atoms with E-state index in [1.165, 1.54) is 0 Å². The van der Waals surface area contributed by atoms with E-state index in [9.17, 15) is 4.79 Å². The lowest BCUT2D eigenvalue weighted by Crippen LogP contribution is -2.51. The number of carbonyl (C=O) groups is 1. The summed E-state index contributed by atoms with van der Waals surface area (Å²) in [6, 6.07) is 0.0789. The van der Waals surface area contributed by atoms with Gasteiger partial charge in [0.25, 0.3) is 0 Å². The lowest BCUT2D eigenvalue weighted by Gasteiger charge is -2.35. The lowest BCUT2D eigenvalue weighted by molar-refractivity contribution is -0.142. The molecule has 0 spiro atoms. The van der Waals surface area contributed by atoms with E-state index in [2.05, 4.69) is 9.88 Å². The second-order valence-corrected chi connectivity index (χ2v) is 5.61. The Morgan fingerprint density at radius 3 is 3.15 bits per heavy atom. The number of esters is 1. The highest BCUT2D eigenvalue weighted by atomic mass is 32.1. The van der Waals surface area contributed by atoms with Gasteiger partial charge in [-0.3, -0.25) is 4.79 Å². The molecule has 6 nitrogen and oxygen atoms in total. The monoisotopic (exact) mass is 299 g/mol. The van der Waals surface area contributed by atoms with Gasteiger partial charge in [-0.1, -0.05) is 0 Å². The molecule has 0 saturated carbocycles. The van der Waals surface area contributed by atoms with Crippen LogP contribution in [0.25, 0.3) is 0 Å². The number of rotatable bonds is 5. The Kier molecular flexibility index (Phi) is 5.33. The number of thiazole rings is 1. The van der Waals surface area contributed by atoms with Crippen molar-refractivity contribution in [1.82, 2.24) is 4.98 Å². The zero-order valence-corrected chi connectivity index (χ0v) is 12.7. The Morgan fingerprint density at radius 1 is 1.65 bits per heavy atom. The molecule has 1 saturated heterocycles. The first-order valence-electron chi connectivity index (χ1n) is 6.77. The summed E-state index contributed by atoms with van der Waals surface area (Å²) in [6.45, 7) is 3.80. The van der Waals surface area contributed by atoms with E-state index in [1.54, 1.807) is 25.4 Å². The van der Waals surface area contributed by atoms with Gasteiger partial charge in [0.2, 0.25) is 0 Å². The fourth-order valence-corrected chi connectivity index (χ4v) is 3.10. The maximum atomic E-state index is 11.4. The number of hydrogen-bond donors (Lipinski definition) is 1. The number of anilines is 1. The lowest BCUT2D eigenvalue weighted by atomic mass is 10.0. The molecule has 20 heavy (non-hydrogen) atoms. The molecule has 2 N–H and O–H groups in total. The minimum absolute atomic E-state index is 0.0288. The third kappa shape index (κ3) is 3.68. The standard InChI is InChI=1S/C13H21N3O3S/c1-3-19-12(17)6-9-8-20-13(15-9)16-5-4-10(14)11(7-16)18-2/h8,10-11H,3-7,14H2,1-2H3/t10-,11+/m0/s1. The van der Waals surface area contributed by atoms with Crippen molar-refractivity contribution in [2.45, 2.75) is 31.9 Å². The van der Waals surface area contributed by atoms with E-state index in [4.69, 9.17) is 15.2 Å². The van der Waals surface area contributed by atoms with Gasteiger partial charge < -0.3 is 20.1 Å². The molecule has 2 atom stereocenters. The van der Waals surface area contributed by atoms with Crippen LogP contribution in [0.3, 0.4) is 0 Å². The number of piperidine rings is 1. The molecule has 2 heterocycles. The number of carbonyl (C=O) groups excluding carboxylic acids is 1. The normalized spacial score (nSPS) is 22.9. The van der Waals surface area contributed by atoms with Crippen LogP contribution < -0.4 is 10.6 Å². The minimum atomic E-state index is -0.236. The fraction of sp³-hybridized carbons (Fsp3) is 0.692. The smallest absolute Gasteiger partial charge is 0.311 e. The molecule has 0 radical (unpaired) electrons. The van der Waals surface area contributed by atoms with Crippen LogP contribution in [0.15, 0.2) is 5.38 Å². The van der Waals surface area contributed by atoms with Gasteiger partial charge in [0.05, 0.1) is 24.8 Å². The van der Waals surface area contributed by atoms with Gasteiger partial charge in [-0.15, -0.1) is 11.3 Å². The molecule has 1 aromatic rings. The number of nitrogens with zero attached hydrogens (tertiary/aromatic N) is 2. The van der Waals surface area contributed by atoms with Crippen molar-refractivity contribution in [2.24, 2.45) is 5.73 Å². The zero-order valence-electron chi connectivity index (χ0n) is 11.9. The Morgan fingerprint density at radius 2 is 2.45 bits per heavy atom. The van der Waals surface area contributed by atoms with Crippen LogP contribution in [-0.2, 0) is 20.7 Å². The quantitative estimate of drug-likeness (QED) is 0.810. The molecule has 1 fully saturated rings. The van der Waals surface area contributed by atoms with Crippen molar-refractivity contribution in [3.05, 3.63) is 11.1 Å². The highest BCUT2D eigenvalue weighted by molar-refractivity contribution is 7.13. The van der Waals surface area contributed by atoms with Crippen molar-refractivity contribution in [1.29, 1.82) is 0 Å². The topological polar surface area (TPSA) is 77.7 Å². The Hall–Kier alpha value is -1.18. The van der Waals surface area contributed by atoms with E-state index < -0.39 is 0 Å². The summed E-state index contributed by atoms with van der Waals surface area (Å²) in [5, 5.41) is 2.82. The van der Waals surface area contributed by atoms with Crippen molar-refractivity contribution in [3.8, 4) is 0 Å². The third-order valence-electron chi connectivity index (χ3n) is 3.35. The molecule has 2 rings (SSSR count). The van der Waals surface area contributed by atoms with Gasteiger partial charge in [0, 0.05) is 31.6 Å². The number of nitrogens with two attached hydrogens (primary N) is 1. The van der Waals surface area contributed by atoms with Crippen LogP contribution in [0, 0.1) is 0 Å². The number of ether oxygens (including phenoxy) is 2. The molecule has 0 unspecified atom stereocenters. The molecular weight excluding hydrogens is 278 g/mol. The second kappa shape index (κ2) is 7.01. The van der Waals surface area contributed by atoms with E-state index in [1.807, 2.05) is 5.38 Å². The average Bonchev–Trinajstić information content (AvgIpc) is 2.88. The Balaban J connectivity index is 1.96. The molecule has 1 aliphatic rings. The summed E-state index contributed by atoms with van der Waals surface area (Å²) in [4.78, 5) is 18.1. The summed E-state index contributed by atoms with van der Waals surface area (Å²) >= 11 is 1.54.